The number of guanidine groups is 1. The van der Waals surface area contributed by atoms with Crippen molar-refractivity contribution in [1.29, 1.82) is 0 Å². The van der Waals surface area contributed by atoms with E-state index in [1.165, 1.54) is 7.11 Å². The van der Waals surface area contributed by atoms with E-state index in [0.717, 1.165) is 56.9 Å². The van der Waals surface area contributed by atoms with E-state index in [-0.39, 0.29) is 5.97 Å². The maximum Gasteiger partial charge on any atom is 0.305 e. The first-order valence-electron chi connectivity index (χ1n) is 9.45. The van der Waals surface area contributed by atoms with E-state index in [4.69, 9.17) is 9.15 Å². The van der Waals surface area contributed by atoms with E-state index in [1.54, 1.807) is 6.26 Å². The third-order valence-corrected chi connectivity index (χ3v) is 3.71. The number of carbonyl (C=O) groups is 1. The molecule has 0 aliphatic carbocycles. The quantitative estimate of drug-likeness (QED) is 0.228. The molecule has 1 aromatic heterocycles. The molecule has 148 valence electrons. The van der Waals surface area contributed by atoms with Crippen molar-refractivity contribution in [2.45, 2.75) is 52.1 Å². The van der Waals surface area contributed by atoms with Gasteiger partial charge in [-0.3, -0.25) is 9.79 Å². The number of methoxy groups -OCH3 is 1. The van der Waals surface area contributed by atoms with Gasteiger partial charge in [-0.1, -0.05) is 12.8 Å². The van der Waals surface area contributed by atoms with Gasteiger partial charge in [0.15, 0.2) is 5.96 Å². The maximum absolute atomic E-state index is 11.0. The summed E-state index contributed by atoms with van der Waals surface area (Å²) in [6.07, 6.45) is 7.09. The Morgan fingerprint density at radius 3 is 2.77 bits per heavy atom. The van der Waals surface area contributed by atoms with Crippen molar-refractivity contribution < 1.29 is 18.7 Å². The van der Waals surface area contributed by atoms with Crippen LogP contribution >= 0.6 is 0 Å². The fraction of sp³-hybridized carbons (Fsp3) is 0.684. The number of esters is 1. The summed E-state index contributed by atoms with van der Waals surface area (Å²) in [5, 5.41) is 6.58. The first kappa shape index (κ1) is 22.0. The zero-order chi connectivity index (χ0) is 18.9. The van der Waals surface area contributed by atoms with Gasteiger partial charge in [0.1, 0.15) is 12.4 Å². The molecule has 0 fully saturated rings. The van der Waals surface area contributed by atoms with Crippen LogP contribution in [0.15, 0.2) is 27.8 Å². The van der Waals surface area contributed by atoms with Crippen LogP contribution in [0.4, 0.5) is 0 Å². The SMILES string of the molecule is CCNC(=NCCCOCc1ccco1)NCCCCCCC(=O)OC. The van der Waals surface area contributed by atoms with Crippen LogP contribution < -0.4 is 10.6 Å². The van der Waals surface area contributed by atoms with Crippen LogP contribution in [0.1, 0.15) is 51.2 Å². The van der Waals surface area contributed by atoms with Crippen molar-refractivity contribution in [2.24, 2.45) is 4.99 Å². The highest BCUT2D eigenvalue weighted by molar-refractivity contribution is 5.79. The van der Waals surface area contributed by atoms with E-state index in [9.17, 15) is 4.79 Å². The minimum Gasteiger partial charge on any atom is -0.469 e. The fourth-order valence-corrected chi connectivity index (χ4v) is 2.32. The Labute approximate surface area is 156 Å². The van der Waals surface area contributed by atoms with Crippen LogP contribution in [0, 0.1) is 0 Å². The molecule has 0 saturated carbocycles. The lowest BCUT2D eigenvalue weighted by atomic mass is 10.1. The van der Waals surface area contributed by atoms with E-state index >= 15 is 0 Å². The molecule has 0 bridgehead atoms. The molecule has 7 nitrogen and oxygen atoms in total. The Balaban J connectivity index is 2.04. The molecule has 0 aliphatic heterocycles. The molecule has 0 aliphatic rings. The van der Waals surface area contributed by atoms with Gasteiger partial charge in [-0.2, -0.15) is 0 Å². The number of hydrogen-bond donors (Lipinski definition) is 2. The van der Waals surface area contributed by atoms with Crippen molar-refractivity contribution in [3.05, 3.63) is 24.2 Å². The van der Waals surface area contributed by atoms with Gasteiger partial charge in [0.25, 0.3) is 0 Å². The molecular weight excluding hydrogens is 334 g/mol. The van der Waals surface area contributed by atoms with Crippen molar-refractivity contribution >= 4 is 11.9 Å². The summed E-state index contributed by atoms with van der Waals surface area (Å²) < 4.78 is 15.4. The van der Waals surface area contributed by atoms with E-state index < -0.39 is 0 Å². The summed E-state index contributed by atoms with van der Waals surface area (Å²) in [6, 6.07) is 3.76. The van der Waals surface area contributed by atoms with Gasteiger partial charge in [0, 0.05) is 32.7 Å². The second-order valence-electron chi connectivity index (χ2n) is 5.91. The minimum absolute atomic E-state index is 0.127. The number of aliphatic imine (C=N–C) groups is 1. The third-order valence-electron chi connectivity index (χ3n) is 3.71. The molecule has 0 spiro atoms. The number of hydrogen-bond acceptors (Lipinski definition) is 5. The van der Waals surface area contributed by atoms with Gasteiger partial charge in [-0.05, 0) is 38.3 Å². The van der Waals surface area contributed by atoms with Crippen LogP contribution in [0.5, 0.6) is 0 Å². The molecule has 7 heteroatoms. The topological polar surface area (TPSA) is 85.1 Å². The predicted octanol–water partition coefficient (Wildman–Crippen LogP) is 2.86. The lowest BCUT2D eigenvalue weighted by Gasteiger charge is -2.11. The molecule has 0 radical (unpaired) electrons. The van der Waals surface area contributed by atoms with E-state index in [0.29, 0.717) is 26.2 Å². The summed E-state index contributed by atoms with van der Waals surface area (Å²) >= 11 is 0. The van der Waals surface area contributed by atoms with Gasteiger partial charge < -0.3 is 24.5 Å². The molecule has 0 atom stereocenters. The number of furan rings is 1. The first-order chi connectivity index (χ1) is 12.8. The second-order valence-corrected chi connectivity index (χ2v) is 5.91. The van der Waals surface area contributed by atoms with Crippen LogP contribution in [0.25, 0.3) is 0 Å². The Kier molecular flexibility index (Phi) is 12.9. The number of carbonyl (C=O) groups excluding carboxylic acids is 1. The lowest BCUT2D eigenvalue weighted by Crippen LogP contribution is -2.37. The monoisotopic (exact) mass is 367 g/mol. The minimum atomic E-state index is -0.127. The Bertz CT molecular complexity index is 489. The molecule has 0 saturated heterocycles. The predicted molar refractivity (Wildman–Crippen MR) is 102 cm³/mol. The third kappa shape index (κ3) is 11.5. The average molecular weight is 367 g/mol. The highest BCUT2D eigenvalue weighted by Crippen LogP contribution is 2.03. The fourth-order valence-electron chi connectivity index (χ4n) is 2.32. The molecular formula is C19H33N3O4. The highest BCUT2D eigenvalue weighted by atomic mass is 16.5. The Morgan fingerprint density at radius 1 is 1.19 bits per heavy atom. The van der Waals surface area contributed by atoms with Crippen LogP contribution in [0.2, 0.25) is 0 Å². The molecule has 0 aromatic carbocycles. The van der Waals surface area contributed by atoms with Gasteiger partial charge in [0.2, 0.25) is 0 Å². The summed E-state index contributed by atoms with van der Waals surface area (Å²) in [6.45, 7) is 5.64. The molecule has 26 heavy (non-hydrogen) atoms. The first-order valence-corrected chi connectivity index (χ1v) is 9.45. The summed E-state index contributed by atoms with van der Waals surface area (Å²) in [5.41, 5.74) is 0. The molecule has 0 unspecified atom stereocenters. The number of rotatable bonds is 14. The molecule has 1 rings (SSSR count). The zero-order valence-electron chi connectivity index (χ0n) is 16.1. The van der Waals surface area contributed by atoms with Crippen molar-refractivity contribution in [3.8, 4) is 0 Å². The smallest absolute Gasteiger partial charge is 0.305 e. The van der Waals surface area contributed by atoms with Gasteiger partial charge >= 0.3 is 5.97 Å². The molecule has 0 amide bonds. The highest BCUT2D eigenvalue weighted by Gasteiger charge is 2.00. The Morgan fingerprint density at radius 2 is 2.04 bits per heavy atom. The molecule has 2 N–H and O–H groups in total. The summed E-state index contributed by atoms with van der Waals surface area (Å²) in [5.74, 6) is 1.56. The van der Waals surface area contributed by atoms with Crippen LogP contribution in [-0.4, -0.2) is 45.3 Å². The van der Waals surface area contributed by atoms with Crippen molar-refractivity contribution in [3.63, 3.8) is 0 Å². The average Bonchev–Trinajstić information content (AvgIpc) is 3.16. The second kappa shape index (κ2) is 15.3. The van der Waals surface area contributed by atoms with E-state index in [2.05, 4.69) is 27.3 Å². The molecule has 1 heterocycles. The van der Waals surface area contributed by atoms with Crippen molar-refractivity contribution in [1.82, 2.24) is 10.6 Å². The van der Waals surface area contributed by atoms with Gasteiger partial charge in [-0.25, -0.2) is 0 Å². The number of nitrogens with one attached hydrogen (secondary N) is 2. The lowest BCUT2D eigenvalue weighted by molar-refractivity contribution is -0.140. The molecule has 1 aromatic rings. The van der Waals surface area contributed by atoms with Gasteiger partial charge in [0.05, 0.1) is 13.4 Å². The number of ether oxygens (including phenoxy) is 2. The normalized spacial score (nSPS) is 11.4. The van der Waals surface area contributed by atoms with Crippen molar-refractivity contribution in [2.75, 3.05) is 33.4 Å². The largest absolute Gasteiger partial charge is 0.469 e. The van der Waals surface area contributed by atoms with Gasteiger partial charge in [-0.15, -0.1) is 0 Å². The summed E-state index contributed by atoms with van der Waals surface area (Å²) in [7, 11) is 1.43. The van der Waals surface area contributed by atoms with Crippen LogP contribution in [0.3, 0.4) is 0 Å². The number of unbranched alkanes of at least 4 members (excludes halogenated alkanes) is 3. The van der Waals surface area contributed by atoms with Crippen LogP contribution in [-0.2, 0) is 20.9 Å². The van der Waals surface area contributed by atoms with E-state index in [1.807, 2.05) is 12.1 Å². The Hall–Kier alpha value is -2.02. The standard InChI is InChI=1S/C19H33N3O4/c1-3-20-19(21-12-7-5-4-6-11-18(23)24-2)22-13-9-14-25-16-17-10-8-15-26-17/h8,10,15H,3-7,9,11-14,16H2,1-2H3,(H2,20,21,22). The summed E-state index contributed by atoms with van der Waals surface area (Å²) in [4.78, 5) is 15.6. The zero-order valence-corrected chi connectivity index (χ0v) is 16.1. The maximum atomic E-state index is 11.0. The number of nitrogens with zero attached hydrogens (tertiary/aromatic N) is 1.